The predicted octanol–water partition coefficient (Wildman–Crippen LogP) is 1.68. The van der Waals surface area contributed by atoms with Gasteiger partial charge in [0.15, 0.2) is 35.8 Å². The van der Waals surface area contributed by atoms with Crippen LogP contribution >= 0.6 is 7.60 Å². The zero-order valence-electron chi connectivity index (χ0n) is 14.1. The molecule has 2 N–H and O–H groups in total. The predicted molar refractivity (Wildman–Crippen MR) is 87.5 cm³/mol. The molecule has 0 bridgehead atoms. The van der Waals surface area contributed by atoms with E-state index in [0.717, 1.165) is 0 Å². The van der Waals surface area contributed by atoms with E-state index in [-0.39, 0.29) is 25.4 Å². The molecule has 0 spiro atoms. The summed E-state index contributed by atoms with van der Waals surface area (Å²) >= 11 is 0. The van der Waals surface area contributed by atoms with E-state index < -0.39 is 20.1 Å². The standard InChI is InChI=1S/C13H21N6O5P/c1-3-22-25(20,23-4-2)8-21-10-6-5-9(24-10)19-13-11(17-18-19)12(14)15-7-16-13/h7,9-10H,3-6,8H2,1-2H3,(H2,14,15,16)/t9-,10+/m1/s1. The second kappa shape index (κ2) is 7.71. The van der Waals surface area contributed by atoms with E-state index in [1.54, 1.807) is 18.5 Å². The van der Waals surface area contributed by atoms with Crippen molar-refractivity contribution >= 4 is 24.6 Å². The summed E-state index contributed by atoms with van der Waals surface area (Å²) < 4.78 is 35.7. The first kappa shape index (κ1) is 18.2. The molecule has 138 valence electrons. The maximum absolute atomic E-state index is 12.4. The molecule has 1 aliphatic rings. The van der Waals surface area contributed by atoms with Crippen LogP contribution in [0.25, 0.3) is 11.2 Å². The molecule has 2 atom stereocenters. The van der Waals surface area contributed by atoms with Gasteiger partial charge in [-0.3, -0.25) is 4.57 Å². The molecule has 11 nitrogen and oxygen atoms in total. The summed E-state index contributed by atoms with van der Waals surface area (Å²) in [4.78, 5) is 8.03. The molecular formula is C13H21N6O5P. The molecule has 0 radical (unpaired) electrons. The number of nitrogens with two attached hydrogens (primary N) is 1. The van der Waals surface area contributed by atoms with E-state index in [4.69, 9.17) is 24.3 Å². The molecule has 2 aromatic heterocycles. The van der Waals surface area contributed by atoms with Crippen molar-refractivity contribution in [2.24, 2.45) is 0 Å². The minimum absolute atomic E-state index is 0.167. The summed E-state index contributed by atoms with van der Waals surface area (Å²) in [7, 11) is -3.27. The van der Waals surface area contributed by atoms with E-state index in [0.29, 0.717) is 24.0 Å². The number of anilines is 1. The smallest absolute Gasteiger partial charge is 0.356 e. The maximum atomic E-state index is 12.4. The normalized spacial score (nSPS) is 21.2. The van der Waals surface area contributed by atoms with Crippen LogP contribution in [0, 0.1) is 0 Å². The van der Waals surface area contributed by atoms with Crippen LogP contribution in [0.15, 0.2) is 6.33 Å². The maximum Gasteiger partial charge on any atom is 0.356 e. The van der Waals surface area contributed by atoms with Gasteiger partial charge in [-0.25, -0.2) is 9.97 Å². The summed E-state index contributed by atoms with van der Waals surface area (Å²) in [6.45, 7) is 4.05. The molecular weight excluding hydrogens is 351 g/mol. The lowest BCUT2D eigenvalue weighted by Gasteiger charge is -2.19. The SMILES string of the molecule is CCOP(=O)(CO[C@@H]1CC[C@H](n2nnc3c(N)ncnc32)O1)OCC. The first-order valence-corrected chi connectivity index (χ1v) is 9.75. The number of nitrogen functional groups attached to an aromatic ring is 1. The highest BCUT2D eigenvalue weighted by molar-refractivity contribution is 7.53. The van der Waals surface area contributed by atoms with Crippen LogP contribution in [0.3, 0.4) is 0 Å². The third kappa shape index (κ3) is 3.96. The quantitative estimate of drug-likeness (QED) is 0.681. The summed E-state index contributed by atoms with van der Waals surface area (Å²) in [6.07, 6.45) is 1.48. The molecule has 3 rings (SSSR count). The molecule has 25 heavy (non-hydrogen) atoms. The van der Waals surface area contributed by atoms with Gasteiger partial charge < -0.3 is 24.3 Å². The van der Waals surface area contributed by atoms with E-state index in [1.165, 1.54) is 6.33 Å². The molecule has 12 heteroatoms. The molecule has 0 aliphatic carbocycles. The monoisotopic (exact) mass is 372 g/mol. The Kier molecular flexibility index (Phi) is 5.60. The molecule has 0 aromatic carbocycles. The van der Waals surface area contributed by atoms with Gasteiger partial charge in [0.25, 0.3) is 0 Å². The van der Waals surface area contributed by atoms with Crippen molar-refractivity contribution < 1.29 is 23.1 Å². The third-order valence-electron chi connectivity index (χ3n) is 3.59. The lowest BCUT2D eigenvalue weighted by atomic mass is 10.3. The molecule has 1 saturated heterocycles. The topological polar surface area (TPSA) is 136 Å². The fraction of sp³-hybridized carbons (Fsp3) is 0.692. The van der Waals surface area contributed by atoms with E-state index >= 15 is 0 Å². The van der Waals surface area contributed by atoms with Crippen LogP contribution in [0.5, 0.6) is 0 Å². The minimum Gasteiger partial charge on any atom is -0.382 e. The molecule has 1 fully saturated rings. The highest BCUT2D eigenvalue weighted by Crippen LogP contribution is 2.48. The molecule has 2 aromatic rings. The first-order valence-electron chi connectivity index (χ1n) is 8.03. The molecule has 3 heterocycles. The Morgan fingerprint density at radius 3 is 2.80 bits per heavy atom. The zero-order chi connectivity index (χ0) is 17.9. The summed E-state index contributed by atoms with van der Waals surface area (Å²) in [5.74, 6) is 0.261. The Balaban J connectivity index is 1.63. The van der Waals surface area contributed by atoms with Gasteiger partial charge >= 0.3 is 7.60 Å². The number of aromatic nitrogens is 5. The average Bonchev–Trinajstić information content (AvgIpc) is 3.20. The summed E-state index contributed by atoms with van der Waals surface area (Å²) in [5, 5.41) is 8.02. The van der Waals surface area contributed by atoms with E-state index in [1.807, 2.05) is 0 Å². The zero-order valence-corrected chi connectivity index (χ0v) is 15.0. The first-order chi connectivity index (χ1) is 12.1. The Morgan fingerprint density at radius 1 is 1.32 bits per heavy atom. The van der Waals surface area contributed by atoms with Crippen molar-refractivity contribution in [2.75, 3.05) is 25.3 Å². The third-order valence-corrected chi connectivity index (χ3v) is 5.36. The fourth-order valence-corrected chi connectivity index (χ4v) is 3.91. The Bertz CT molecular complexity index is 760. The number of fused-ring (bicyclic) bond motifs is 1. The Morgan fingerprint density at radius 2 is 2.08 bits per heavy atom. The number of hydrogen-bond donors (Lipinski definition) is 1. The second-order valence-corrected chi connectivity index (χ2v) is 7.30. The van der Waals surface area contributed by atoms with Crippen molar-refractivity contribution in [3.8, 4) is 0 Å². The summed E-state index contributed by atoms with van der Waals surface area (Å²) in [6, 6.07) is 0. The van der Waals surface area contributed by atoms with Gasteiger partial charge in [-0.1, -0.05) is 5.21 Å². The number of rotatable bonds is 8. The van der Waals surface area contributed by atoms with Crippen molar-refractivity contribution in [3.05, 3.63) is 6.33 Å². The van der Waals surface area contributed by atoms with Crippen molar-refractivity contribution in [1.82, 2.24) is 25.0 Å². The van der Waals surface area contributed by atoms with Crippen molar-refractivity contribution in [3.63, 3.8) is 0 Å². The van der Waals surface area contributed by atoms with Crippen LogP contribution < -0.4 is 5.73 Å². The largest absolute Gasteiger partial charge is 0.382 e. The van der Waals surface area contributed by atoms with Crippen LogP contribution in [-0.2, 0) is 23.1 Å². The van der Waals surface area contributed by atoms with Crippen molar-refractivity contribution in [1.29, 1.82) is 0 Å². The second-order valence-electron chi connectivity index (χ2n) is 5.30. The van der Waals surface area contributed by atoms with Crippen molar-refractivity contribution in [2.45, 2.75) is 39.2 Å². The molecule has 0 unspecified atom stereocenters. The fourth-order valence-electron chi connectivity index (χ4n) is 2.55. The lowest BCUT2D eigenvalue weighted by molar-refractivity contribution is -0.143. The molecule has 1 aliphatic heterocycles. The number of ether oxygens (including phenoxy) is 2. The molecule has 0 amide bonds. The van der Waals surface area contributed by atoms with Gasteiger partial charge in [0.2, 0.25) is 0 Å². The van der Waals surface area contributed by atoms with Gasteiger partial charge in [0.1, 0.15) is 6.33 Å². The molecule has 0 saturated carbocycles. The van der Waals surface area contributed by atoms with Gasteiger partial charge in [-0.05, 0) is 20.3 Å². The van der Waals surface area contributed by atoms with Crippen LogP contribution in [0.4, 0.5) is 5.82 Å². The highest BCUT2D eigenvalue weighted by atomic mass is 31.2. The highest BCUT2D eigenvalue weighted by Gasteiger charge is 2.33. The Hall–Kier alpha value is -1.65. The average molecular weight is 372 g/mol. The van der Waals surface area contributed by atoms with Gasteiger partial charge in [0.05, 0.1) is 13.2 Å². The lowest BCUT2D eigenvalue weighted by Crippen LogP contribution is -2.17. The minimum atomic E-state index is -3.27. The van der Waals surface area contributed by atoms with Crippen LogP contribution in [-0.4, -0.2) is 50.8 Å². The van der Waals surface area contributed by atoms with Gasteiger partial charge in [-0.2, -0.15) is 4.68 Å². The summed E-state index contributed by atoms with van der Waals surface area (Å²) in [5.41, 5.74) is 6.67. The van der Waals surface area contributed by atoms with Gasteiger partial charge in [0, 0.05) is 6.42 Å². The Labute approximate surface area is 144 Å². The van der Waals surface area contributed by atoms with Crippen LogP contribution in [0.1, 0.15) is 32.9 Å². The number of hydrogen-bond acceptors (Lipinski definition) is 10. The van der Waals surface area contributed by atoms with E-state index in [9.17, 15) is 4.57 Å². The van der Waals surface area contributed by atoms with E-state index in [2.05, 4.69) is 20.3 Å². The van der Waals surface area contributed by atoms with Gasteiger partial charge in [-0.15, -0.1) is 5.10 Å². The van der Waals surface area contributed by atoms with Crippen LogP contribution in [0.2, 0.25) is 0 Å². The number of nitrogens with zero attached hydrogens (tertiary/aromatic N) is 5.